The molecule has 1 heteroatoms. The summed E-state index contributed by atoms with van der Waals surface area (Å²) in [6.07, 6.45) is 6.87. The molecule has 0 aromatic carbocycles. The highest BCUT2D eigenvalue weighted by molar-refractivity contribution is 4.75. The van der Waals surface area contributed by atoms with Crippen molar-refractivity contribution in [3.63, 3.8) is 0 Å². The quantitative estimate of drug-likeness (QED) is 0.535. The van der Waals surface area contributed by atoms with Crippen LogP contribution in [0.3, 0.4) is 0 Å². The largest absolute Gasteiger partial charge is 0.375 e. The average molecular weight is 141 g/mol. The lowest BCUT2D eigenvalue weighted by molar-refractivity contribution is 0.0298. The van der Waals surface area contributed by atoms with Crippen LogP contribution in [0, 0.1) is 12.5 Å². The number of hydrogen-bond donors (Lipinski definition) is 0. The molecule has 1 saturated heterocycles. The molecular weight excluding hydrogens is 124 g/mol. The van der Waals surface area contributed by atoms with Crippen LogP contribution in [0.1, 0.15) is 39.0 Å². The van der Waals surface area contributed by atoms with Gasteiger partial charge in [-0.15, -0.1) is 0 Å². The molecule has 0 aliphatic carbocycles. The normalized spacial score (nSPS) is 18.9. The number of hydrogen-bond acceptors (Lipinski definition) is 1. The first-order chi connectivity index (χ1) is 4.93. The summed E-state index contributed by atoms with van der Waals surface area (Å²) in [4.78, 5) is 0. The first-order valence-corrected chi connectivity index (χ1v) is 4.38. The fraction of sp³-hybridized carbons (Fsp3) is 0.889. The summed E-state index contributed by atoms with van der Waals surface area (Å²) < 4.78 is 4.97. The molecule has 1 aliphatic heterocycles. The van der Waals surface area contributed by atoms with Crippen molar-refractivity contribution in [3.8, 4) is 0 Å². The Kier molecular flexibility index (Phi) is 3.81. The van der Waals surface area contributed by atoms with Gasteiger partial charge in [-0.1, -0.05) is 32.6 Å². The molecular formula is C9H17O. The van der Waals surface area contributed by atoms with E-state index in [0.29, 0.717) is 0 Å². The summed E-state index contributed by atoms with van der Waals surface area (Å²) in [5.74, 6) is 0.789. The van der Waals surface area contributed by atoms with Crippen molar-refractivity contribution in [2.24, 2.45) is 5.92 Å². The fourth-order valence-electron chi connectivity index (χ4n) is 1.22. The second-order valence-corrected chi connectivity index (χ2v) is 3.08. The van der Waals surface area contributed by atoms with Gasteiger partial charge in [-0.3, -0.25) is 0 Å². The maximum Gasteiger partial charge on any atom is 0.0890 e. The molecule has 0 amide bonds. The van der Waals surface area contributed by atoms with Crippen LogP contribution in [-0.4, -0.2) is 6.61 Å². The van der Waals surface area contributed by atoms with Gasteiger partial charge in [0.2, 0.25) is 0 Å². The molecule has 10 heavy (non-hydrogen) atoms. The Bertz CT molecular complexity index is 76.8. The smallest absolute Gasteiger partial charge is 0.0890 e. The Labute approximate surface area is 63.8 Å². The van der Waals surface area contributed by atoms with Gasteiger partial charge < -0.3 is 4.74 Å². The minimum Gasteiger partial charge on any atom is -0.375 e. The van der Waals surface area contributed by atoms with Crippen LogP contribution in [0.25, 0.3) is 0 Å². The van der Waals surface area contributed by atoms with Gasteiger partial charge in [0.1, 0.15) is 0 Å². The van der Waals surface area contributed by atoms with Crippen molar-refractivity contribution < 1.29 is 4.74 Å². The van der Waals surface area contributed by atoms with Gasteiger partial charge in [0.25, 0.3) is 0 Å². The van der Waals surface area contributed by atoms with Crippen LogP contribution in [0.15, 0.2) is 0 Å². The fourth-order valence-corrected chi connectivity index (χ4v) is 1.22. The maximum atomic E-state index is 4.97. The van der Waals surface area contributed by atoms with Crippen LogP contribution in [0.2, 0.25) is 0 Å². The highest BCUT2D eigenvalue weighted by atomic mass is 16.5. The van der Waals surface area contributed by atoms with Gasteiger partial charge in [-0.05, 0) is 6.42 Å². The van der Waals surface area contributed by atoms with Crippen LogP contribution in [-0.2, 0) is 4.74 Å². The van der Waals surface area contributed by atoms with E-state index in [1.807, 2.05) is 6.61 Å². The van der Waals surface area contributed by atoms with Gasteiger partial charge in [0, 0.05) is 5.92 Å². The Hall–Kier alpha value is -0.0400. The summed E-state index contributed by atoms with van der Waals surface area (Å²) in [6, 6.07) is 0. The Morgan fingerprint density at radius 3 is 2.70 bits per heavy atom. The molecule has 0 bridgehead atoms. The van der Waals surface area contributed by atoms with Crippen LogP contribution >= 0.6 is 0 Å². The van der Waals surface area contributed by atoms with E-state index in [1.54, 1.807) is 0 Å². The molecule has 59 valence electrons. The van der Waals surface area contributed by atoms with Crippen molar-refractivity contribution in [1.29, 1.82) is 0 Å². The zero-order valence-corrected chi connectivity index (χ0v) is 6.81. The maximum absolute atomic E-state index is 4.97. The molecule has 0 spiro atoms. The Balaban J connectivity index is 1.76. The molecule has 0 aromatic rings. The molecule has 1 fully saturated rings. The van der Waals surface area contributed by atoms with E-state index in [-0.39, 0.29) is 0 Å². The summed E-state index contributed by atoms with van der Waals surface area (Å²) >= 11 is 0. The minimum atomic E-state index is 0.789. The van der Waals surface area contributed by atoms with Gasteiger partial charge in [-0.25, -0.2) is 0 Å². The van der Waals surface area contributed by atoms with Crippen LogP contribution in [0.4, 0.5) is 0 Å². The first-order valence-electron chi connectivity index (χ1n) is 4.38. The molecule has 0 aromatic heterocycles. The van der Waals surface area contributed by atoms with Crippen LogP contribution in [0.5, 0.6) is 0 Å². The lowest BCUT2D eigenvalue weighted by Gasteiger charge is -2.24. The third kappa shape index (κ3) is 2.70. The summed E-state index contributed by atoms with van der Waals surface area (Å²) in [6.45, 7) is 5.21. The van der Waals surface area contributed by atoms with E-state index in [2.05, 4.69) is 6.92 Å². The Morgan fingerprint density at radius 2 is 2.20 bits per heavy atom. The van der Waals surface area contributed by atoms with E-state index in [0.717, 1.165) is 12.5 Å². The number of unbranched alkanes of at least 4 members (excludes halogenated alkanes) is 3. The highest BCUT2D eigenvalue weighted by Crippen LogP contribution is 2.21. The predicted molar refractivity (Wildman–Crippen MR) is 42.5 cm³/mol. The molecule has 0 saturated carbocycles. The van der Waals surface area contributed by atoms with Crippen molar-refractivity contribution in [1.82, 2.24) is 0 Å². The second-order valence-electron chi connectivity index (χ2n) is 3.08. The van der Waals surface area contributed by atoms with Gasteiger partial charge in [-0.2, -0.15) is 0 Å². The molecule has 1 unspecified atom stereocenters. The molecule has 1 aliphatic rings. The van der Waals surface area contributed by atoms with Gasteiger partial charge >= 0.3 is 0 Å². The lowest BCUT2D eigenvalue weighted by atomic mass is 10.00. The lowest BCUT2D eigenvalue weighted by Crippen LogP contribution is -2.21. The Morgan fingerprint density at radius 1 is 1.40 bits per heavy atom. The minimum absolute atomic E-state index is 0.789. The van der Waals surface area contributed by atoms with Crippen molar-refractivity contribution in [2.75, 3.05) is 6.61 Å². The molecule has 0 N–H and O–H groups in total. The van der Waals surface area contributed by atoms with E-state index < -0.39 is 0 Å². The van der Waals surface area contributed by atoms with Crippen molar-refractivity contribution in [2.45, 2.75) is 39.0 Å². The van der Waals surface area contributed by atoms with E-state index in [1.165, 1.54) is 32.1 Å². The predicted octanol–water partition coefficient (Wildman–Crippen LogP) is 2.76. The average Bonchev–Trinajstić information content (AvgIpc) is 1.84. The summed E-state index contributed by atoms with van der Waals surface area (Å²) in [7, 11) is 0. The van der Waals surface area contributed by atoms with Gasteiger partial charge in [0.05, 0.1) is 13.2 Å². The second kappa shape index (κ2) is 4.73. The third-order valence-electron chi connectivity index (χ3n) is 2.03. The molecule has 1 nitrogen and oxygen atoms in total. The summed E-state index contributed by atoms with van der Waals surface area (Å²) in [5, 5.41) is 0. The highest BCUT2D eigenvalue weighted by Gasteiger charge is 2.17. The zero-order chi connectivity index (χ0) is 7.23. The molecule has 1 rings (SSSR count). The van der Waals surface area contributed by atoms with Crippen molar-refractivity contribution >= 4 is 0 Å². The standard InChI is InChI=1S/C9H17O/c1-2-3-4-5-6-9-7-10-8-9/h7,9H,2-6,8H2,1H3. The topological polar surface area (TPSA) is 9.23 Å². The first kappa shape index (κ1) is 8.06. The van der Waals surface area contributed by atoms with E-state index in [9.17, 15) is 0 Å². The molecule has 1 atom stereocenters. The number of ether oxygens (including phenoxy) is 1. The van der Waals surface area contributed by atoms with Gasteiger partial charge in [0.15, 0.2) is 0 Å². The van der Waals surface area contributed by atoms with E-state index in [4.69, 9.17) is 4.74 Å². The molecule has 1 heterocycles. The summed E-state index contributed by atoms with van der Waals surface area (Å²) in [5.41, 5.74) is 0. The van der Waals surface area contributed by atoms with Crippen molar-refractivity contribution in [3.05, 3.63) is 6.61 Å². The SMILES string of the molecule is CCCCCCC1[CH]OC1. The van der Waals surface area contributed by atoms with E-state index >= 15 is 0 Å². The molecule has 1 radical (unpaired) electrons. The number of rotatable bonds is 5. The third-order valence-corrected chi connectivity index (χ3v) is 2.03. The van der Waals surface area contributed by atoms with Crippen LogP contribution < -0.4 is 0 Å². The monoisotopic (exact) mass is 141 g/mol. The zero-order valence-electron chi connectivity index (χ0n) is 6.81.